The molecule has 1 atom stereocenters. The van der Waals surface area contributed by atoms with E-state index in [1.165, 1.54) is 5.56 Å². The molecule has 7 heteroatoms. The van der Waals surface area contributed by atoms with Gasteiger partial charge < -0.3 is 24.2 Å². The molecule has 0 bridgehead atoms. The van der Waals surface area contributed by atoms with E-state index in [4.69, 9.17) is 14.2 Å². The number of piperidine rings is 1. The highest BCUT2D eigenvalue weighted by atomic mass is 16.6. The minimum Gasteiger partial charge on any atom is -0.491 e. The van der Waals surface area contributed by atoms with Crippen LogP contribution in [0, 0.1) is 0 Å². The van der Waals surface area contributed by atoms with E-state index < -0.39 is 17.8 Å². The van der Waals surface area contributed by atoms with Crippen LogP contribution in [-0.2, 0) is 4.74 Å². The summed E-state index contributed by atoms with van der Waals surface area (Å²) >= 11 is 0. The average Bonchev–Trinajstić information content (AvgIpc) is 2.89. The van der Waals surface area contributed by atoms with Crippen LogP contribution in [0.3, 0.4) is 0 Å². The van der Waals surface area contributed by atoms with Gasteiger partial charge in [0.05, 0.1) is 0 Å². The van der Waals surface area contributed by atoms with Gasteiger partial charge in [-0.2, -0.15) is 0 Å². The fourth-order valence-corrected chi connectivity index (χ4v) is 4.48. The molecule has 0 aliphatic carbocycles. The monoisotopic (exact) mass is 518 g/mol. The molecule has 3 aromatic carbocycles. The number of hydrogen-bond acceptors (Lipinski definition) is 6. The lowest BCUT2D eigenvalue weighted by Crippen LogP contribution is -2.40. The zero-order valence-corrected chi connectivity index (χ0v) is 22.4. The van der Waals surface area contributed by atoms with Crippen molar-refractivity contribution in [2.24, 2.45) is 0 Å². The number of likely N-dealkylation sites (tertiary alicyclic amines) is 1. The molecule has 1 heterocycles. The van der Waals surface area contributed by atoms with E-state index in [0.29, 0.717) is 23.9 Å². The highest BCUT2D eigenvalue weighted by Gasteiger charge is 2.22. The second-order valence-corrected chi connectivity index (χ2v) is 10.7. The van der Waals surface area contributed by atoms with Gasteiger partial charge >= 0.3 is 6.09 Å². The highest BCUT2D eigenvalue weighted by Crippen LogP contribution is 2.30. The summed E-state index contributed by atoms with van der Waals surface area (Å²) in [7, 11) is 0. The average molecular weight is 519 g/mol. The lowest BCUT2D eigenvalue weighted by Gasteiger charge is -2.33. The van der Waals surface area contributed by atoms with Crippen LogP contribution in [0.1, 0.15) is 45.1 Å². The first-order valence-electron chi connectivity index (χ1n) is 13.2. The summed E-state index contributed by atoms with van der Waals surface area (Å²) < 4.78 is 16.9. The molecule has 1 saturated heterocycles. The van der Waals surface area contributed by atoms with Gasteiger partial charge in [-0.05, 0) is 107 Å². The molecule has 0 spiro atoms. The van der Waals surface area contributed by atoms with Gasteiger partial charge in [0.25, 0.3) is 0 Å². The number of carbonyl (C=O) groups is 1. The molecule has 38 heavy (non-hydrogen) atoms. The Morgan fingerprint density at radius 3 is 2.16 bits per heavy atom. The number of ether oxygens (including phenoxy) is 3. The number of para-hydroxylation sites is 1. The summed E-state index contributed by atoms with van der Waals surface area (Å²) in [4.78, 5) is 14.2. The number of amides is 1. The van der Waals surface area contributed by atoms with Crippen molar-refractivity contribution in [3.63, 3.8) is 0 Å². The van der Waals surface area contributed by atoms with Gasteiger partial charge in [-0.1, -0.05) is 30.3 Å². The zero-order valence-electron chi connectivity index (χ0n) is 22.4. The second-order valence-electron chi connectivity index (χ2n) is 10.7. The minimum atomic E-state index is -0.583. The molecule has 1 aliphatic rings. The summed E-state index contributed by atoms with van der Waals surface area (Å²) in [6.07, 6.45) is 1.02. The van der Waals surface area contributed by atoms with E-state index in [2.05, 4.69) is 22.3 Å². The quantitative estimate of drug-likeness (QED) is 0.339. The maximum absolute atomic E-state index is 11.9. The fourth-order valence-electron chi connectivity index (χ4n) is 4.48. The van der Waals surface area contributed by atoms with Gasteiger partial charge in [0.1, 0.15) is 35.6 Å². The van der Waals surface area contributed by atoms with Crippen LogP contribution < -0.4 is 14.8 Å². The second kappa shape index (κ2) is 12.8. The number of hydrogen-bond donors (Lipinski definition) is 2. The SMILES string of the molecule is CC(C)(C)OC(=O)Nc1ccc(OC[C@@H](O)CN2CCC(c3ccc(Oc4ccccc4)cc3)CC2)cc1. The first-order valence-corrected chi connectivity index (χ1v) is 13.2. The highest BCUT2D eigenvalue weighted by molar-refractivity contribution is 5.84. The molecular weight excluding hydrogens is 480 g/mol. The normalized spacial score (nSPS) is 15.5. The van der Waals surface area contributed by atoms with Gasteiger partial charge in [0.15, 0.2) is 0 Å². The van der Waals surface area contributed by atoms with Crippen molar-refractivity contribution in [1.82, 2.24) is 4.90 Å². The van der Waals surface area contributed by atoms with Crippen LogP contribution in [0.5, 0.6) is 17.2 Å². The predicted molar refractivity (Wildman–Crippen MR) is 149 cm³/mol. The van der Waals surface area contributed by atoms with Crippen molar-refractivity contribution in [1.29, 1.82) is 0 Å². The Balaban J connectivity index is 1.16. The Bertz CT molecular complexity index is 1140. The van der Waals surface area contributed by atoms with Gasteiger partial charge in [-0.25, -0.2) is 4.79 Å². The fraction of sp³-hybridized carbons (Fsp3) is 0.387. The third-order valence-electron chi connectivity index (χ3n) is 6.33. The summed E-state index contributed by atoms with van der Waals surface area (Å²) in [5.74, 6) is 2.83. The summed E-state index contributed by atoms with van der Waals surface area (Å²) in [5, 5.41) is 13.2. The van der Waals surface area contributed by atoms with Gasteiger partial charge in [-0.3, -0.25) is 5.32 Å². The van der Waals surface area contributed by atoms with Crippen molar-refractivity contribution in [3.8, 4) is 17.2 Å². The van der Waals surface area contributed by atoms with E-state index in [1.54, 1.807) is 24.3 Å². The Hall–Kier alpha value is -3.55. The summed E-state index contributed by atoms with van der Waals surface area (Å²) in [6, 6.07) is 25.2. The van der Waals surface area contributed by atoms with Gasteiger partial charge in [-0.15, -0.1) is 0 Å². The minimum absolute atomic E-state index is 0.210. The molecule has 202 valence electrons. The van der Waals surface area contributed by atoms with Crippen LogP contribution in [0.25, 0.3) is 0 Å². The van der Waals surface area contributed by atoms with Gasteiger partial charge in [0.2, 0.25) is 0 Å². The topological polar surface area (TPSA) is 80.3 Å². The summed E-state index contributed by atoms with van der Waals surface area (Å²) in [6.45, 7) is 8.12. The first kappa shape index (κ1) is 27.5. The van der Waals surface area contributed by atoms with Crippen LogP contribution >= 0.6 is 0 Å². The zero-order chi connectivity index (χ0) is 27.0. The van der Waals surface area contributed by atoms with E-state index >= 15 is 0 Å². The first-order chi connectivity index (χ1) is 18.2. The number of anilines is 1. The van der Waals surface area contributed by atoms with Crippen LogP contribution in [0.15, 0.2) is 78.9 Å². The van der Waals surface area contributed by atoms with Crippen molar-refractivity contribution in [2.75, 3.05) is 31.6 Å². The Labute approximate surface area is 225 Å². The third-order valence-corrected chi connectivity index (χ3v) is 6.33. The molecule has 1 amide bonds. The largest absolute Gasteiger partial charge is 0.491 e. The Morgan fingerprint density at radius 2 is 1.53 bits per heavy atom. The number of benzene rings is 3. The van der Waals surface area contributed by atoms with Crippen LogP contribution in [0.4, 0.5) is 10.5 Å². The number of nitrogens with zero attached hydrogens (tertiary/aromatic N) is 1. The van der Waals surface area contributed by atoms with E-state index in [-0.39, 0.29) is 6.61 Å². The summed E-state index contributed by atoms with van der Waals surface area (Å²) in [5.41, 5.74) is 1.40. The molecule has 1 aliphatic heterocycles. The van der Waals surface area contributed by atoms with Gasteiger partial charge in [0, 0.05) is 12.2 Å². The van der Waals surface area contributed by atoms with E-state index in [1.807, 2.05) is 63.2 Å². The van der Waals surface area contributed by atoms with Crippen molar-refractivity contribution >= 4 is 11.8 Å². The van der Waals surface area contributed by atoms with Crippen molar-refractivity contribution in [2.45, 2.75) is 51.2 Å². The molecule has 0 radical (unpaired) electrons. The Morgan fingerprint density at radius 1 is 0.921 bits per heavy atom. The molecule has 7 nitrogen and oxygen atoms in total. The molecular formula is C31H38N2O5. The number of aliphatic hydroxyl groups is 1. The standard InChI is InChI=1S/C31H38N2O5/c1-31(2,3)38-30(35)32-25-11-15-27(16-12-25)36-22-26(34)21-33-19-17-24(18-20-33)23-9-13-29(14-10-23)37-28-7-5-4-6-8-28/h4-16,24,26,34H,17-22H2,1-3H3,(H,32,35)/t26-/m0/s1. The number of nitrogens with one attached hydrogen (secondary N) is 1. The molecule has 2 N–H and O–H groups in total. The maximum atomic E-state index is 11.9. The maximum Gasteiger partial charge on any atom is 0.412 e. The predicted octanol–water partition coefficient (Wildman–Crippen LogP) is 6.45. The lowest BCUT2D eigenvalue weighted by atomic mass is 9.89. The van der Waals surface area contributed by atoms with Crippen LogP contribution in [0.2, 0.25) is 0 Å². The molecule has 3 aromatic rings. The number of rotatable bonds is 9. The van der Waals surface area contributed by atoms with Crippen molar-refractivity contribution < 1.29 is 24.1 Å². The smallest absolute Gasteiger partial charge is 0.412 e. The third kappa shape index (κ3) is 8.78. The number of β-amino-alcohol motifs (C(OH)–C–C–N with tert-alkyl or cyclic N) is 1. The number of aliphatic hydroxyl groups excluding tert-OH is 1. The molecule has 0 saturated carbocycles. The van der Waals surface area contributed by atoms with E-state index in [0.717, 1.165) is 37.4 Å². The Kier molecular flexibility index (Phi) is 9.26. The molecule has 1 fully saturated rings. The van der Waals surface area contributed by atoms with Crippen LogP contribution in [-0.4, -0.2) is 54.0 Å². The lowest BCUT2D eigenvalue weighted by molar-refractivity contribution is 0.0594. The molecule has 0 unspecified atom stereocenters. The molecule has 0 aromatic heterocycles. The van der Waals surface area contributed by atoms with E-state index in [9.17, 15) is 9.90 Å². The van der Waals surface area contributed by atoms with Crippen molar-refractivity contribution in [3.05, 3.63) is 84.4 Å². The number of carbonyl (C=O) groups excluding carboxylic acids is 1. The molecule has 4 rings (SSSR count).